The van der Waals surface area contributed by atoms with E-state index in [4.69, 9.17) is 9.47 Å². The zero-order valence-electron chi connectivity index (χ0n) is 13.0. The summed E-state index contributed by atoms with van der Waals surface area (Å²) in [4.78, 5) is 17.0. The molecule has 0 bridgehead atoms. The number of ether oxygens (including phenoxy) is 2. The smallest absolute Gasteiger partial charge is 0.353 e. The van der Waals surface area contributed by atoms with E-state index in [0.717, 1.165) is 15.2 Å². The van der Waals surface area contributed by atoms with E-state index < -0.39 is 0 Å². The lowest BCUT2D eigenvalue weighted by molar-refractivity contribution is 0.0739. The zero-order chi connectivity index (χ0) is 17.1. The maximum absolute atomic E-state index is 11.9. The second-order valence-electron chi connectivity index (χ2n) is 5.20. The van der Waals surface area contributed by atoms with Crippen LogP contribution in [0.3, 0.4) is 0 Å². The molecule has 4 rings (SSSR count). The van der Waals surface area contributed by atoms with E-state index in [1.807, 2.05) is 35.7 Å². The normalized spacial score (nSPS) is 10.7. The minimum atomic E-state index is -0.349. The molecule has 0 spiro atoms. The number of benzene rings is 2. The molecule has 0 saturated carbocycles. The number of fused-ring (bicyclic) bond motifs is 1. The van der Waals surface area contributed by atoms with E-state index in [0.29, 0.717) is 23.0 Å². The molecule has 2 heterocycles. The highest BCUT2D eigenvalue weighted by molar-refractivity contribution is 7.18. The van der Waals surface area contributed by atoms with Gasteiger partial charge < -0.3 is 9.47 Å². The van der Waals surface area contributed by atoms with Gasteiger partial charge in [-0.25, -0.2) is 9.78 Å². The Labute approximate surface area is 152 Å². The van der Waals surface area contributed by atoms with Gasteiger partial charge in [0.25, 0.3) is 0 Å². The lowest BCUT2D eigenvalue weighted by atomic mass is 10.3. The Hall–Kier alpha value is -2.70. The fourth-order valence-corrected chi connectivity index (χ4v) is 3.76. The Morgan fingerprint density at radius 2 is 1.76 bits per heavy atom. The van der Waals surface area contributed by atoms with E-state index in [-0.39, 0.29) is 5.97 Å². The summed E-state index contributed by atoms with van der Waals surface area (Å²) in [5, 5.41) is 2.77. The third-order valence-electron chi connectivity index (χ3n) is 3.46. The maximum Gasteiger partial charge on any atom is 0.353 e. The van der Waals surface area contributed by atoms with Crippen LogP contribution in [0.15, 0.2) is 66.0 Å². The number of carbonyl (C=O) groups is 1. The highest BCUT2D eigenvalue weighted by Crippen LogP contribution is 2.24. The Morgan fingerprint density at radius 3 is 2.52 bits per heavy atom. The molecule has 0 aliphatic rings. The highest BCUT2D eigenvalue weighted by atomic mass is 32.1. The van der Waals surface area contributed by atoms with Crippen LogP contribution in [0.4, 0.5) is 0 Å². The third kappa shape index (κ3) is 3.70. The van der Waals surface area contributed by atoms with E-state index in [9.17, 15) is 4.79 Å². The maximum atomic E-state index is 11.9. The van der Waals surface area contributed by atoms with Crippen molar-refractivity contribution in [1.29, 1.82) is 0 Å². The number of thiazole rings is 1. The average Bonchev–Trinajstić information content (AvgIpc) is 3.30. The molecule has 0 fully saturated rings. The van der Waals surface area contributed by atoms with Gasteiger partial charge in [0.15, 0.2) is 0 Å². The molecule has 124 valence electrons. The molecule has 0 amide bonds. The van der Waals surface area contributed by atoms with Crippen LogP contribution in [-0.4, -0.2) is 11.0 Å². The number of nitrogens with zero attached hydrogens (tertiary/aromatic N) is 1. The largest absolute Gasteiger partial charge is 0.486 e. The van der Waals surface area contributed by atoms with Crippen molar-refractivity contribution in [1.82, 2.24) is 4.98 Å². The second kappa shape index (κ2) is 7.04. The number of thiophene rings is 1. The molecular formula is C19H13NO3S2. The van der Waals surface area contributed by atoms with Gasteiger partial charge in [-0.15, -0.1) is 22.7 Å². The average molecular weight is 367 g/mol. The monoisotopic (exact) mass is 367 g/mol. The molecule has 0 aliphatic heterocycles. The van der Waals surface area contributed by atoms with Gasteiger partial charge in [-0.2, -0.15) is 0 Å². The summed E-state index contributed by atoms with van der Waals surface area (Å²) in [6, 6.07) is 18.6. The number of para-hydroxylation sites is 1. The first kappa shape index (κ1) is 15.8. The summed E-state index contributed by atoms with van der Waals surface area (Å²) >= 11 is 2.98. The fraction of sp³-hybridized carbons (Fsp3) is 0.0526. The molecule has 25 heavy (non-hydrogen) atoms. The summed E-state index contributed by atoms with van der Waals surface area (Å²) in [5.74, 6) is 0.846. The van der Waals surface area contributed by atoms with E-state index >= 15 is 0 Å². The van der Waals surface area contributed by atoms with E-state index in [2.05, 4.69) is 4.98 Å². The number of aromatic nitrogens is 1. The molecule has 4 aromatic rings. The summed E-state index contributed by atoms with van der Waals surface area (Å²) in [6.45, 7) is 0.410. The molecular weight excluding hydrogens is 354 g/mol. The van der Waals surface area contributed by atoms with Crippen molar-refractivity contribution in [2.75, 3.05) is 0 Å². The van der Waals surface area contributed by atoms with Crippen LogP contribution in [0, 0.1) is 0 Å². The van der Waals surface area contributed by atoms with Crippen molar-refractivity contribution in [2.45, 2.75) is 6.61 Å². The first-order valence-electron chi connectivity index (χ1n) is 7.61. The van der Waals surface area contributed by atoms with Gasteiger partial charge in [0, 0.05) is 0 Å². The van der Waals surface area contributed by atoms with Crippen molar-refractivity contribution in [2.24, 2.45) is 0 Å². The Kier molecular flexibility index (Phi) is 4.45. The van der Waals surface area contributed by atoms with Crippen molar-refractivity contribution >= 4 is 38.9 Å². The number of carbonyl (C=O) groups excluding carboxylic acids is 1. The van der Waals surface area contributed by atoms with Gasteiger partial charge in [0.2, 0.25) is 0 Å². The fourth-order valence-electron chi connectivity index (χ4n) is 2.28. The van der Waals surface area contributed by atoms with Crippen LogP contribution in [-0.2, 0) is 6.61 Å². The Balaban J connectivity index is 1.37. The molecule has 0 radical (unpaired) electrons. The summed E-state index contributed by atoms with van der Waals surface area (Å²) in [5.41, 5.74) is 0.988. The van der Waals surface area contributed by atoms with Gasteiger partial charge in [-0.3, -0.25) is 0 Å². The minimum Gasteiger partial charge on any atom is -0.486 e. The molecule has 0 saturated heterocycles. The molecule has 0 atom stereocenters. The molecule has 2 aromatic carbocycles. The quantitative estimate of drug-likeness (QED) is 0.361. The third-order valence-corrected chi connectivity index (χ3v) is 5.32. The highest BCUT2D eigenvalue weighted by Gasteiger charge is 2.09. The molecule has 0 N–H and O–H groups in total. The second-order valence-corrected chi connectivity index (χ2v) is 7.27. The summed E-state index contributed by atoms with van der Waals surface area (Å²) < 4.78 is 12.2. The Morgan fingerprint density at radius 1 is 0.960 bits per heavy atom. The van der Waals surface area contributed by atoms with Gasteiger partial charge in [-0.1, -0.05) is 18.2 Å². The van der Waals surface area contributed by atoms with Crippen LogP contribution in [0.2, 0.25) is 0 Å². The first-order valence-corrected chi connectivity index (χ1v) is 9.30. The molecule has 4 nitrogen and oxygen atoms in total. The van der Waals surface area contributed by atoms with Crippen molar-refractivity contribution in [3.05, 3.63) is 75.9 Å². The molecule has 0 aliphatic carbocycles. The van der Waals surface area contributed by atoms with Crippen molar-refractivity contribution in [3.63, 3.8) is 0 Å². The predicted octanol–water partition coefficient (Wildman–Crippen LogP) is 5.16. The minimum absolute atomic E-state index is 0.349. The van der Waals surface area contributed by atoms with Gasteiger partial charge in [0.1, 0.15) is 28.0 Å². The van der Waals surface area contributed by atoms with Crippen LogP contribution in [0.5, 0.6) is 11.5 Å². The van der Waals surface area contributed by atoms with Crippen LogP contribution >= 0.6 is 22.7 Å². The number of esters is 1. The lowest BCUT2D eigenvalue weighted by Crippen LogP contribution is -2.06. The first-order chi connectivity index (χ1) is 12.3. The molecule has 6 heteroatoms. The number of hydrogen-bond acceptors (Lipinski definition) is 6. The van der Waals surface area contributed by atoms with Gasteiger partial charge in [0.05, 0.1) is 10.2 Å². The summed E-state index contributed by atoms with van der Waals surface area (Å²) in [6.07, 6.45) is 0. The summed E-state index contributed by atoms with van der Waals surface area (Å²) in [7, 11) is 0. The standard InChI is InChI=1S/C19H13NO3S2/c21-19(17-6-3-11-24-17)23-14-9-7-13(8-10-14)22-12-18-20-15-4-1-2-5-16(15)25-18/h1-11H,12H2. The zero-order valence-corrected chi connectivity index (χ0v) is 14.7. The number of hydrogen-bond donors (Lipinski definition) is 0. The van der Waals surface area contributed by atoms with Crippen molar-refractivity contribution < 1.29 is 14.3 Å². The number of rotatable bonds is 5. The van der Waals surface area contributed by atoms with Crippen LogP contribution in [0.1, 0.15) is 14.7 Å². The van der Waals surface area contributed by atoms with Gasteiger partial charge in [-0.05, 0) is 47.8 Å². The van der Waals surface area contributed by atoms with Crippen molar-refractivity contribution in [3.8, 4) is 11.5 Å². The Bertz CT molecular complexity index is 958. The van der Waals surface area contributed by atoms with Gasteiger partial charge >= 0.3 is 5.97 Å². The topological polar surface area (TPSA) is 48.4 Å². The van der Waals surface area contributed by atoms with E-state index in [1.54, 1.807) is 41.7 Å². The predicted molar refractivity (Wildman–Crippen MR) is 99.7 cm³/mol. The lowest BCUT2D eigenvalue weighted by Gasteiger charge is -2.06. The SMILES string of the molecule is O=C(Oc1ccc(OCc2nc3ccccc3s2)cc1)c1cccs1. The van der Waals surface area contributed by atoms with E-state index in [1.165, 1.54) is 11.3 Å². The molecule has 2 aromatic heterocycles. The van der Waals surface area contributed by atoms with Crippen LogP contribution in [0.25, 0.3) is 10.2 Å². The van der Waals surface area contributed by atoms with Crippen LogP contribution < -0.4 is 9.47 Å². The molecule has 0 unspecified atom stereocenters.